The summed E-state index contributed by atoms with van der Waals surface area (Å²) in [6.45, 7) is 4.91. The first-order chi connectivity index (χ1) is 9.61. The van der Waals surface area contributed by atoms with Crippen molar-refractivity contribution in [2.75, 3.05) is 11.1 Å². The fourth-order valence-corrected chi connectivity index (χ4v) is 3.09. The van der Waals surface area contributed by atoms with E-state index >= 15 is 0 Å². The Balaban J connectivity index is 1.80. The molecule has 0 fully saturated rings. The van der Waals surface area contributed by atoms with E-state index in [2.05, 4.69) is 22.3 Å². The van der Waals surface area contributed by atoms with Gasteiger partial charge in [0.15, 0.2) is 0 Å². The fraction of sp³-hybridized carbons (Fsp3) is 0.286. The number of anilines is 2. The van der Waals surface area contributed by atoms with Crippen LogP contribution in [0.4, 0.5) is 11.4 Å². The molecule has 2 heterocycles. The van der Waals surface area contributed by atoms with Crippen molar-refractivity contribution in [2.45, 2.75) is 26.4 Å². The standard InChI is InChI=1S/C14H17N5S/c1-9(8-19-5-3-4-16-19)17-12-7-13-14(6-11(12)15)20-10(2)18-13/h3-7,9,17H,8,15H2,1-2H3. The maximum absolute atomic E-state index is 6.11. The molecule has 5 nitrogen and oxygen atoms in total. The van der Waals surface area contributed by atoms with Gasteiger partial charge in [0.2, 0.25) is 0 Å². The Hall–Kier alpha value is -2.08. The van der Waals surface area contributed by atoms with Crippen LogP contribution in [0.1, 0.15) is 11.9 Å². The number of hydrogen-bond acceptors (Lipinski definition) is 5. The monoisotopic (exact) mass is 287 g/mol. The third kappa shape index (κ3) is 2.60. The van der Waals surface area contributed by atoms with Crippen LogP contribution in [-0.2, 0) is 6.54 Å². The van der Waals surface area contributed by atoms with Crippen molar-refractivity contribution < 1.29 is 0 Å². The van der Waals surface area contributed by atoms with Gasteiger partial charge >= 0.3 is 0 Å². The van der Waals surface area contributed by atoms with Crippen molar-refractivity contribution in [1.82, 2.24) is 14.8 Å². The van der Waals surface area contributed by atoms with Gasteiger partial charge in [-0.2, -0.15) is 5.10 Å². The lowest BCUT2D eigenvalue weighted by molar-refractivity contribution is 0.561. The average molecular weight is 287 g/mol. The first-order valence-electron chi connectivity index (χ1n) is 6.52. The number of rotatable bonds is 4. The van der Waals surface area contributed by atoms with Crippen LogP contribution < -0.4 is 11.1 Å². The van der Waals surface area contributed by atoms with Crippen LogP contribution in [0, 0.1) is 6.92 Å². The van der Waals surface area contributed by atoms with Gasteiger partial charge in [-0.3, -0.25) is 4.68 Å². The Kier molecular flexibility index (Phi) is 3.31. The van der Waals surface area contributed by atoms with Crippen LogP contribution in [0.3, 0.4) is 0 Å². The molecule has 0 radical (unpaired) electrons. The number of thiazole rings is 1. The molecule has 3 aromatic rings. The number of aromatic nitrogens is 3. The normalized spacial score (nSPS) is 12.7. The molecule has 0 amide bonds. The Labute approximate surface area is 121 Å². The highest BCUT2D eigenvalue weighted by Gasteiger charge is 2.09. The topological polar surface area (TPSA) is 68.8 Å². The van der Waals surface area contributed by atoms with Gasteiger partial charge in [-0.05, 0) is 32.0 Å². The second kappa shape index (κ2) is 5.13. The zero-order chi connectivity index (χ0) is 14.1. The number of hydrogen-bond donors (Lipinski definition) is 2. The lowest BCUT2D eigenvalue weighted by Gasteiger charge is -2.16. The molecule has 0 aliphatic rings. The molecule has 3 rings (SSSR count). The summed E-state index contributed by atoms with van der Waals surface area (Å²) in [4.78, 5) is 4.50. The van der Waals surface area contributed by atoms with Crippen molar-refractivity contribution in [3.63, 3.8) is 0 Å². The van der Waals surface area contributed by atoms with Crippen LogP contribution in [0.15, 0.2) is 30.6 Å². The zero-order valence-corrected chi connectivity index (χ0v) is 12.3. The van der Waals surface area contributed by atoms with Crippen molar-refractivity contribution in [1.29, 1.82) is 0 Å². The lowest BCUT2D eigenvalue weighted by Crippen LogP contribution is -2.22. The molecule has 6 heteroatoms. The molecule has 3 N–H and O–H groups in total. The number of nitrogens with zero attached hydrogens (tertiary/aromatic N) is 3. The van der Waals surface area contributed by atoms with Gasteiger partial charge in [0.25, 0.3) is 0 Å². The largest absolute Gasteiger partial charge is 0.397 e. The lowest BCUT2D eigenvalue weighted by atomic mass is 10.2. The molecule has 0 aliphatic carbocycles. The van der Waals surface area contributed by atoms with Gasteiger partial charge in [0.05, 0.1) is 33.1 Å². The molecule has 0 saturated carbocycles. The van der Waals surface area contributed by atoms with Crippen molar-refractivity contribution in [2.24, 2.45) is 0 Å². The highest BCUT2D eigenvalue weighted by Crippen LogP contribution is 2.30. The molecule has 1 aromatic carbocycles. The maximum Gasteiger partial charge on any atom is 0.0907 e. The quantitative estimate of drug-likeness (QED) is 0.724. The third-order valence-corrected chi connectivity index (χ3v) is 4.02. The summed E-state index contributed by atoms with van der Waals surface area (Å²) in [5, 5.41) is 8.69. The molecule has 104 valence electrons. The van der Waals surface area contributed by atoms with E-state index in [1.54, 1.807) is 17.5 Å². The summed E-state index contributed by atoms with van der Waals surface area (Å²) in [5.74, 6) is 0. The molecule has 1 unspecified atom stereocenters. The van der Waals surface area contributed by atoms with E-state index in [0.717, 1.165) is 33.1 Å². The Morgan fingerprint density at radius 3 is 3.05 bits per heavy atom. The molecular formula is C14H17N5S. The smallest absolute Gasteiger partial charge is 0.0907 e. The second-order valence-electron chi connectivity index (χ2n) is 4.91. The highest BCUT2D eigenvalue weighted by atomic mass is 32.1. The predicted octanol–water partition coefficient (Wildman–Crippen LogP) is 2.88. The minimum absolute atomic E-state index is 0.231. The van der Waals surface area contributed by atoms with E-state index in [4.69, 9.17) is 5.73 Å². The molecule has 1 atom stereocenters. The van der Waals surface area contributed by atoms with E-state index in [0.29, 0.717) is 0 Å². The molecule has 0 spiro atoms. The second-order valence-corrected chi connectivity index (χ2v) is 6.15. The van der Waals surface area contributed by atoms with Crippen molar-refractivity contribution >= 4 is 32.9 Å². The van der Waals surface area contributed by atoms with Gasteiger partial charge in [-0.1, -0.05) is 0 Å². The summed E-state index contributed by atoms with van der Waals surface area (Å²) in [6, 6.07) is 6.16. The first-order valence-corrected chi connectivity index (χ1v) is 7.34. The number of nitrogen functional groups attached to an aromatic ring is 1. The Morgan fingerprint density at radius 1 is 1.45 bits per heavy atom. The molecule has 0 bridgehead atoms. The summed E-state index contributed by atoms with van der Waals surface area (Å²) in [7, 11) is 0. The summed E-state index contributed by atoms with van der Waals surface area (Å²) in [6.07, 6.45) is 3.74. The molecule has 0 saturated heterocycles. The number of benzene rings is 1. The highest BCUT2D eigenvalue weighted by molar-refractivity contribution is 7.18. The summed E-state index contributed by atoms with van der Waals surface area (Å²) >= 11 is 1.66. The number of aryl methyl sites for hydroxylation is 1. The molecule has 2 aromatic heterocycles. The number of nitrogens with one attached hydrogen (secondary N) is 1. The van der Waals surface area contributed by atoms with Gasteiger partial charge < -0.3 is 11.1 Å². The van der Waals surface area contributed by atoms with Crippen LogP contribution in [0.2, 0.25) is 0 Å². The van der Waals surface area contributed by atoms with Gasteiger partial charge in [0, 0.05) is 18.4 Å². The fourth-order valence-electron chi connectivity index (χ4n) is 2.23. The van der Waals surface area contributed by atoms with Crippen LogP contribution >= 0.6 is 11.3 Å². The SMILES string of the molecule is Cc1nc2cc(NC(C)Cn3cccn3)c(N)cc2s1. The molecule has 20 heavy (non-hydrogen) atoms. The first kappa shape index (κ1) is 12.9. The number of fused-ring (bicyclic) bond motifs is 1. The van der Waals surface area contributed by atoms with Gasteiger partial charge in [-0.15, -0.1) is 11.3 Å². The van der Waals surface area contributed by atoms with Crippen LogP contribution in [0.5, 0.6) is 0 Å². The van der Waals surface area contributed by atoms with E-state index in [-0.39, 0.29) is 6.04 Å². The molecular weight excluding hydrogens is 270 g/mol. The van der Waals surface area contributed by atoms with E-state index in [1.807, 2.05) is 36.0 Å². The zero-order valence-electron chi connectivity index (χ0n) is 11.5. The van der Waals surface area contributed by atoms with E-state index in [1.165, 1.54) is 0 Å². The maximum atomic E-state index is 6.11. The Morgan fingerprint density at radius 2 is 2.30 bits per heavy atom. The minimum atomic E-state index is 0.231. The van der Waals surface area contributed by atoms with Crippen LogP contribution in [-0.4, -0.2) is 20.8 Å². The summed E-state index contributed by atoms with van der Waals surface area (Å²) < 4.78 is 3.03. The third-order valence-electron chi connectivity index (χ3n) is 3.09. The Bertz CT molecular complexity index is 717. The number of nitrogens with two attached hydrogens (primary N) is 1. The van der Waals surface area contributed by atoms with Crippen molar-refractivity contribution in [3.8, 4) is 0 Å². The summed E-state index contributed by atoms with van der Waals surface area (Å²) in [5.41, 5.74) is 8.80. The predicted molar refractivity (Wildman–Crippen MR) is 84.1 cm³/mol. The van der Waals surface area contributed by atoms with Gasteiger partial charge in [-0.25, -0.2) is 4.98 Å². The molecule has 0 aliphatic heterocycles. The van der Waals surface area contributed by atoms with Gasteiger partial charge in [0.1, 0.15) is 0 Å². The van der Waals surface area contributed by atoms with Crippen molar-refractivity contribution in [3.05, 3.63) is 35.6 Å². The van der Waals surface area contributed by atoms with Crippen LogP contribution in [0.25, 0.3) is 10.2 Å². The van der Waals surface area contributed by atoms with E-state index in [9.17, 15) is 0 Å². The van der Waals surface area contributed by atoms with E-state index < -0.39 is 0 Å². The average Bonchev–Trinajstić information content (AvgIpc) is 2.98. The minimum Gasteiger partial charge on any atom is -0.397 e.